The molecule has 0 amide bonds. The third-order valence-corrected chi connectivity index (χ3v) is 6.09. The van der Waals surface area contributed by atoms with Crippen molar-refractivity contribution in [3.63, 3.8) is 0 Å². The first-order valence-corrected chi connectivity index (χ1v) is 8.15. The Morgan fingerprint density at radius 2 is 1.36 bits per heavy atom. The Balaban J connectivity index is 1.82. The highest BCUT2D eigenvalue weighted by Gasteiger charge is 2.64. The first-order valence-electron chi connectivity index (χ1n) is 8.15. The maximum atomic E-state index is 13.0. The Bertz CT molecular complexity index is 678. The summed E-state index contributed by atoms with van der Waals surface area (Å²) < 4.78 is 0. The van der Waals surface area contributed by atoms with Gasteiger partial charge in [0.2, 0.25) is 0 Å². The van der Waals surface area contributed by atoms with E-state index in [4.69, 9.17) is 5.41 Å². The molecule has 1 aromatic carbocycles. The van der Waals surface area contributed by atoms with Crippen LogP contribution >= 0.6 is 0 Å². The molecule has 3 aliphatic carbocycles. The summed E-state index contributed by atoms with van der Waals surface area (Å²) in [6.07, 6.45) is 1.84. The maximum absolute atomic E-state index is 13.0. The monoisotopic (exact) mass is 295 g/mol. The number of aryl methyl sites for hydroxylation is 3. The fraction of sp³-hybridized carbons (Fsp3) is 0.526. The van der Waals surface area contributed by atoms with Gasteiger partial charge in [0.05, 0.1) is 0 Å². The topological polar surface area (TPSA) is 58.0 Å². The summed E-state index contributed by atoms with van der Waals surface area (Å²) in [6.45, 7) is 6.04. The van der Waals surface area contributed by atoms with Gasteiger partial charge in [0, 0.05) is 29.4 Å². The van der Waals surface area contributed by atoms with Gasteiger partial charge in [-0.15, -0.1) is 0 Å². The standard InChI is InChI=1S/C19H21NO2/c1-8-6-9(2)13(10(3)7-8)16-18(21)14-11-4-5-12(17(11)20)15(14)19(16)22/h6-7,11-12,14-16,20H,4-5H2,1-3H3. The largest absolute Gasteiger partial charge is 0.309 e. The van der Waals surface area contributed by atoms with Crippen molar-refractivity contribution in [1.29, 1.82) is 5.41 Å². The third kappa shape index (κ3) is 1.54. The molecule has 4 unspecified atom stereocenters. The SMILES string of the molecule is Cc1cc(C)c(C2C(=O)C3C4CCC(C4=N)C3C2=O)c(C)c1. The van der Waals surface area contributed by atoms with Crippen molar-refractivity contribution in [2.75, 3.05) is 0 Å². The second-order valence-electron chi connectivity index (χ2n) is 7.35. The Kier molecular flexibility index (Phi) is 2.76. The van der Waals surface area contributed by atoms with Crippen LogP contribution in [-0.2, 0) is 9.59 Å². The molecule has 2 bridgehead atoms. The number of carbonyl (C=O) groups excluding carboxylic acids is 2. The Morgan fingerprint density at radius 3 is 1.82 bits per heavy atom. The van der Waals surface area contributed by atoms with E-state index in [9.17, 15) is 9.59 Å². The van der Waals surface area contributed by atoms with Crippen molar-refractivity contribution in [2.24, 2.45) is 23.7 Å². The van der Waals surface area contributed by atoms with E-state index >= 15 is 0 Å². The van der Waals surface area contributed by atoms with Crippen LogP contribution in [0.1, 0.15) is 41.0 Å². The van der Waals surface area contributed by atoms with Crippen LogP contribution in [0.25, 0.3) is 0 Å². The fourth-order valence-corrected chi connectivity index (χ4v) is 5.40. The molecule has 22 heavy (non-hydrogen) atoms. The number of carbonyl (C=O) groups is 2. The van der Waals surface area contributed by atoms with Gasteiger partial charge in [-0.25, -0.2) is 0 Å². The fourth-order valence-electron chi connectivity index (χ4n) is 5.40. The molecule has 0 saturated heterocycles. The minimum Gasteiger partial charge on any atom is -0.309 e. The van der Waals surface area contributed by atoms with Crippen LogP contribution in [0.4, 0.5) is 0 Å². The number of Topliss-reactive ketones (excluding diaryl/α,β-unsaturated/α-hetero) is 2. The molecule has 3 nitrogen and oxygen atoms in total. The quantitative estimate of drug-likeness (QED) is 0.809. The second kappa shape index (κ2) is 4.37. The molecule has 1 N–H and O–H groups in total. The van der Waals surface area contributed by atoms with Crippen LogP contribution in [0.15, 0.2) is 12.1 Å². The molecule has 0 spiro atoms. The average Bonchev–Trinajstić information content (AvgIpc) is 3.02. The number of ketones is 2. The minimum absolute atomic E-state index is 0.0440. The zero-order chi connectivity index (χ0) is 15.8. The average molecular weight is 295 g/mol. The summed E-state index contributed by atoms with van der Waals surface area (Å²) in [4.78, 5) is 26.0. The van der Waals surface area contributed by atoms with Gasteiger partial charge in [-0.2, -0.15) is 0 Å². The Morgan fingerprint density at radius 1 is 0.909 bits per heavy atom. The van der Waals surface area contributed by atoms with E-state index in [0.717, 1.165) is 29.5 Å². The van der Waals surface area contributed by atoms with Gasteiger partial charge in [0.1, 0.15) is 5.92 Å². The zero-order valence-electron chi connectivity index (χ0n) is 13.3. The molecular weight excluding hydrogens is 274 g/mol. The molecular formula is C19H21NO2. The van der Waals surface area contributed by atoms with Gasteiger partial charge >= 0.3 is 0 Å². The number of rotatable bonds is 1. The second-order valence-corrected chi connectivity index (χ2v) is 7.35. The van der Waals surface area contributed by atoms with Gasteiger partial charge in [0.25, 0.3) is 0 Å². The molecule has 4 atom stereocenters. The van der Waals surface area contributed by atoms with Gasteiger partial charge in [0.15, 0.2) is 11.6 Å². The summed E-state index contributed by atoms with van der Waals surface area (Å²) in [5.74, 6) is -0.728. The van der Waals surface area contributed by atoms with Crippen molar-refractivity contribution in [2.45, 2.75) is 39.5 Å². The molecule has 114 valence electrons. The summed E-state index contributed by atoms with van der Waals surface area (Å²) in [5.41, 5.74) is 4.87. The van der Waals surface area contributed by atoms with E-state index in [0.29, 0.717) is 5.71 Å². The van der Waals surface area contributed by atoms with E-state index < -0.39 is 5.92 Å². The predicted octanol–water partition coefficient (Wildman–Crippen LogP) is 3.14. The molecule has 0 heterocycles. The van der Waals surface area contributed by atoms with E-state index in [-0.39, 0.29) is 35.2 Å². The lowest BCUT2D eigenvalue weighted by molar-refractivity contribution is -0.125. The van der Waals surface area contributed by atoms with E-state index in [1.165, 1.54) is 5.56 Å². The number of benzene rings is 1. The first kappa shape index (κ1) is 13.9. The van der Waals surface area contributed by atoms with Crippen LogP contribution in [-0.4, -0.2) is 17.3 Å². The molecule has 3 saturated carbocycles. The zero-order valence-corrected chi connectivity index (χ0v) is 13.3. The molecule has 3 aliphatic rings. The van der Waals surface area contributed by atoms with E-state index in [1.54, 1.807) is 0 Å². The molecule has 1 aromatic rings. The minimum atomic E-state index is -0.577. The van der Waals surface area contributed by atoms with Crippen molar-refractivity contribution in [1.82, 2.24) is 0 Å². The molecule has 0 radical (unpaired) electrons. The number of hydrogen-bond acceptors (Lipinski definition) is 3. The van der Waals surface area contributed by atoms with Crippen molar-refractivity contribution < 1.29 is 9.59 Å². The number of hydrogen-bond donors (Lipinski definition) is 1. The molecule has 0 aliphatic heterocycles. The van der Waals surface area contributed by atoms with Crippen molar-refractivity contribution >= 4 is 17.3 Å². The van der Waals surface area contributed by atoms with Gasteiger partial charge in [-0.3, -0.25) is 9.59 Å². The highest BCUT2D eigenvalue weighted by Crippen LogP contribution is 2.57. The normalized spacial score (nSPS) is 36.3. The highest BCUT2D eigenvalue weighted by atomic mass is 16.2. The lowest BCUT2D eigenvalue weighted by Gasteiger charge is -2.19. The van der Waals surface area contributed by atoms with E-state index in [2.05, 4.69) is 12.1 Å². The Labute approximate surface area is 130 Å². The van der Waals surface area contributed by atoms with Crippen LogP contribution in [0.2, 0.25) is 0 Å². The number of nitrogens with one attached hydrogen (secondary N) is 1. The predicted molar refractivity (Wildman–Crippen MR) is 84.3 cm³/mol. The molecule has 4 rings (SSSR count). The van der Waals surface area contributed by atoms with Gasteiger partial charge < -0.3 is 5.41 Å². The maximum Gasteiger partial charge on any atom is 0.152 e. The van der Waals surface area contributed by atoms with Crippen LogP contribution < -0.4 is 0 Å². The van der Waals surface area contributed by atoms with Crippen molar-refractivity contribution in [3.05, 3.63) is 34.4 Å². The van der Waals surface area contributed by atoms with Crippen LogP contribution in [0.3, 0.4) is 0 Å². The highest BCUT2D eigenvalue weighted by molar-refractivity contribution is 6.21. The van der Waals surface area contributed by atoms with Gasteiger partial charge in [-0.1, -0.05) is 17.7 Å². The summed E-state index contributed by atoms with van der Waals surface area (Å²) in [7, 11) is 0. The first-order chi connectivity index (χ1) is 10.4. The Hall–Kier alpha value is -1.77. The summed E-state index contributed by atoms with van der Waals surface area (Å²) in [6, 6.07) is 4.13. The van der Waals surface area contributed by atoms with E-state index in [1.807, 2.05) is 20.8 Å². The lowest BCUT2D eigenvalue weighted by Crippen LogP contribution is -2.24. The summed E-state index contributed by atoms with van der Waals surface area (Å²) >= 11 is 0. The van der Waals surface area contributed by atoms with Crippen LogP contribution in [0.5, 0.6) is 0 Å². The molecule has 3 heteroatoms. The van der Waals surface area contributed by atoms with Crippen LogP contribution in [0, 0.1) is 49.9 Å². The number of fused-ring (bicyclic) bond motifs is 5. The molecule has 0 aromatic heterocycles. The third-order valence-electron chi connectivity index (χ3n) is 6.09. The smallest absolute Gasteiger partial charge is 0.152 e. The van der Waals surface area contributed by atoms with Gasteiger partial charge in [-0.05, 0) is 50.3 Å². The summed E-state index contributed by atoms with van der Waals surface area (Å²) in [5, 5.41) is 8.18. The molecule has 3 fully saturated rings. The lowest BCUT2D eigenvalue weighted by atomic mass is 9.81. The van der Waals surface area contributed by atoms with Crippen molar-refractivity contribution in [3.8, 4) is 0 Å².